The van der Waals surface area contributed by atoms with Gasteiger partial charge in [0.25, 0.3) is 0 Å². The number of urea groups is 1. The Hall–Kier alpha value is -1.59. The number of nitrogens with zero attached hydrogens (tertiary/aromatic N) is 2. The SMILES string of the molecule is C[C@H]1C[C@H](CNC(=O)N2CCCN(Cc3ccccc3)CC2)CCO1. The minimum Gasteiger partial charge on any atom is -0.378 e. The molecular formula is C20H31N3O2. The molecule has 25 heavy (non-hydrogen) atoms. The van der Waals surface area contributed by atoms with Gasteiger partial charge in [0.05, 0.1) is 6.10 Å². The number of hydrogen-bond acceptors (Lipinski definition) is 3. The third kappa shape index (κ3) is 5.72. The molecule has 2 aliphatic rings. The van der Waals surface area contributed by atoms with Crippen molar-refractivity contribution in [3.05, 3.63) is 35.9 Å². The van der Waals surface area contributed by atoms with Crippen LogP contribution in [-0.2, 0) is 11.3 Å². The average Bonchev–Trinajstić information content (AvgIpc) is 2.86. The number of benzene rings is 1. The highest BCUT2D eigenvalue weighted by Gasteiger charge is 2.22. The van der Waals surface area contributed by atoms with Crippen LogP contribution in [0.4, 0.5) is 4.79 Å². The Bertz CT molecular complexity index is 537. The molecule has 0 aromatic heterocycles. The molecule has 2 aliphatic heterocycles. The Morgan fingerprint density at radius 1 is 1.20 bits per heavy atom. The van der Waals surface area contributed by atoms with Crippen molar-refractivity contribution in [2.75, 3.05) is 39.3 Å². The van der Waals surface area contributed by atoms with E-state index >= 15 is 0 Å². The first-order chi connectivity index (χ1) is 12.2. The maximum atomic E-state index is 12.5. The van der Waals surface area contributed by atoms with Crippen LogP contribution in [0.2, 0.25) is 0 Å². The Morgan fingerprint density at radius 3 is 2.84 bits per heavy atom. The molecule has 2 heterocycles. The smallest absolute Gasteiger partial charge is 0.317 e. The summed E-state index contributed by atoms with van der Waals surface area (Å²) in [5, 5.41) is 3.15. The van der Waals surface area contributed by atoms with E-state index in [1.807, 2.05) is 4.90 Å². The van der Waals surface area contributed by atoms with Gasteiger partial charge in [0, 0.05) is 45.9 Å². The van der Waals surface area contributed by atoms with Crippen molar-refractivity contribution >= 4 is 6.03 Å². The lowest BCUT2D eigenvalue weighted by Gasteiger charge is -2.28. The topological polar surface area (TPSA) is 44.8 Å². The van der Waals surface area contributed by atoms with Crippen LogP contribution >= 0.6 is 0 Å². The van der Waals surface area contributed by atoms with Crippen LogP contribution in [0, 0.1) is 5.92 Å². The molecule has 2 saturated heterocycles. The average molecular weight is 345 g/mol. The summed E-state index contributed by atoms with van der Waals surface area (Å²) in [6, 6.07) is 10.7. The lowest BCUT2D eigenvalue weighted by atomic mass is 9.96. The first-order valence-corrected chi connectivity index (χ1v) is 9.61. The molecule has 5 heteroatoms. The Kier molecular flexibility index (Phi) is 6.70. The highest BCUT2D eigenvalue weighted by Crippen LogP contribution is 2.19. The standard InChI is InChI=1S/C20H31N3O2/c1-17-14-19(8-13-25-17)15-21-20(24)23-10-5-9-22(11-12-23)16-18-6-3-2-4-7-18/h2-4,6-7,17,19H,5,8-16H2,1H3,(H,21,24)/t17-,19+/m0/s1. The molecule has 1 aromatic rings. The minimum atomic E-state index is 0.0979. The predicted octanol–water partition coefficient (Wildman–Crippen LogP) is 2.72. The number of rotatable bonds is 4. The molecule has 0 saturated carbocycles. The van der Waals surface area contributed by atoms with Crippen molar-refractivity contribution in [3.63, 3.8) is 0 Å². The summed E-state index contributed by atoms with van der Waals surface area (Å²) in [6.07, 6.45) is 3.45. The monoisotopic (exact) mass is 345 g/mol. The lowest BCUT2D eigenvalue weighted by Crippen LogP contribution is -2.44. The Morgan fingerprint density at radius 2 is 2.04 bits per heavy atom. The van der Waals surface area contributed by atoms with E-state index in [-0.39, 0.29) is 6.03 Å². The number of amides is 2. The first-order valence-electron chi connectivity index (χ1n) is 9.61. The van der Waals surface area contributed by atoms with Crippen LogP contribution in [0.25, 0.3) is 0 Å². The van der Waals surface area contributed by atoms with Crippen LogP contribution in [-0.4, -0.2) is 61.3 Å². The fraction of sp³-hybridized carbons (Fsp3) is 0.650. The zero-order valence-corrected chi connectivity index (χ0v) is 15.3. The lowest BCUT2D eigenvalue weighted by molar-refractivity contribution is 0.00324. The van der Waals surface area contributed by atoms with Gasteiger partial charge < -0.3 is 15.0 Å². The van der Waals surface area contributed by atoms with E-state index in [0.717, 1.165) is 65.1 Å². The number of ether oxygens (including phenoxy) is 1. The van der Waals surface area contributed by atoms with Crippen LogP contribution < -0.4 is 5.32 Å². The fourth-order valence-corrected chi connectivity index (χ4v) is 3.79. The summed E-state index contributed by atoms with van der Waals surface area (Å²) in [7, 11) is 0. The molecule has 0 unspecified atom stereocenters. The van der Waals surface area contributed by atoms with Gasteiger partial charge in [-0.25, -0.2) is 4.79 Å². The van der Waals surface area contributed by atoms with Gasteiger partial charge in [-0.3, -0.25) is 4.90 Å². The number of nitrogens with one attached hydrogen (secondary N) is 1. The molecule has 0 spiro atoms. The van der Waals surface area contributed by atoms with Crippen LogP contribution in [0.5, 0.6) is 0 Å². The minimum absolute atomic E-state index is 0.0979. The van der Waals surface area contributed by atoms with Gasteiger partial charge in [-0.15, -0.1) is 0 Å². The summed E-state index contributed by atoms with van der Waals surface area (Å²) in [5.41, 5.74) is 1.34. The van der Waals surface area contributed by atoms with Gasteiger partial charge in [0.15, 0.2) is 0 Å². The molecular weight excluding hydrogens is 314 g/mol. The van der Waals surface area contributed by atoms with E-state index < -0.39 is 0 Å². The molecule has 2 amide bonds. The molecule has 0 aliphatic carbocycles. The van der Waals surface area contributed by atoms with Gasteiger partial charge in [-0.1, -0.05) is 30.3 Å². The maximum Gasteiger partial charge on any atom is 0.317 e. The predicted molar refractivity (Wildman–Crippen MR) is 99.4 cm³/mol. The number of carbonyl (C=O) groups is 1. The Labute approximate surface area is 151 Å². The van der Waals surface area contributed by atoms with Crippen molar-refractivity contribution in [1.29, 1.82) is 0 Å². The largest absolute Gasteiger partial charge is 0.378 e. The van der Waals surface area contributed by atoms with E-state index in [9.17, 15) is 4.79 Å². The van der Waals surface area contributed by atoms with Crippen LogP contribution in [0.15, 0.2) is 30.3 Å². The van der Waals surface area contributed by atoms with Gasteiger partial charge in [-0.2, -0.15) is 0 Å². The Balaban J connectivity index is 1.41. The van der Waals surface area contributed by atoms with Gasteiger partial charge in [-0.05, 0) is 37.7 Å². The summed E-state index contributed by atoms with van der Waals surface area (Å²) in [5.74, 6) is 0.550. The fourth-order valence-electron chi connectivity index (χ4n) is 3.79. The maximum absolute atomic E-state index is 12.5. The van der Waals surface area contributed by atoms with Gasteiger partial charge in [0.1, 0.15) is 0 Å². The highest BCUT2D eigenvalue weighted by atomic mass is 16.5. The first kappa shape index (κ1) is 18.2. The second-order valence-electron chi connectivity index (χ2n) is 7.36. The van der Waals surface area contributed by atoms with Crippen LogP contribution in [0.3, 0.4) is 0 Å². The molecule has 0 radical (unpaired) electrons. The summed E-state index contributed by atoms with van der Waals surface area (Å²) < 4.78 is 5.58. The number of hydrogen-bond donors (Lipinski definition) is 1. The summed E-state index contributed by atoms with van der Waals surface area (Å²) in [6.45, 7) is 8.33. The summed E-state index contributed by atoms with van der Waals surface area (Å²) in [4.78, 5) is 16.9. The van der Waals surface area contributed by atoms with Crippen molar-refractivity contribution in [3.8, 4) is 0 Å². The van der Waals surface area contributed by atoms with E-state index in [1.54, 1.807) is 0 Å². The zero-order valence-electron chi connectivity index (χ0n) is 15.3. The van der Waals surface area contributed by atoms with Crippen molar-refractivity contribution in [2.24, 2.45) is 5.92 Å². The van der Waals surface area contributed by atoms with E-state index in [2.05, 4.69) is 47.5 Å². The molecule has 138 valence electrons. The van der Waals surface area contributed by atoms with Crippen molar-refractivity contribution in [1.82, 2.24) is 15.1 Å². The molecule has 2 fully saturated rings. The zero-order chi connectivity index (χ0) is 17.5. The molecule has 1 N–H and O–H groups in total. The van der Waals surface area contributed by atoms with E-state index in [4.69, 9.17) is 4.74 Å². The molecule has 0 bridgehead atoms. The highest BCUT2D eigenvalue weighted by molar-refractivity contribution is 5.74. The normalized spacial score (nSPS) is 25.4. The number of carbonyl (C=O) groups excluding carboxylic acids is 1. The third-order valence-electron chi connectivity index (χ3n) is 5.26. The molecule has 5 nitrogen and oxygen atoms in total. The molecule has 2 atom stereocenters. The summed E-state index contributed by atoms with van der Waals surface area (Å²) >= 11 is 0. The van der Waals surface area contributed by atoms with Crippen molar-refractivity contribution in [2.45, 2.75) is 38.8 Å². The second-order valence-corrected chi connectivity index (χ2v) is 7.36. The van der Waals surface area contributed by atoms with E-state index in [1.165, 1.54) is 5.56 Å². The van der Waals surface area contributed by atoms with E-state index in [0.29, 0.717) is 12.0 Å². The van der Waals surface area contributed by atoms with Crippen LogP contribution in [0.1, 0.15) is 31.7 Å². The van der Waals surface area contributed by atoms with Gasteiger partial charge in [0.2, 0.25) is 0 Å². The second kappa shape index (κ2) is 9.20. The quantitative estimate of drug-likeness (QED) is 0.913. The van der Waals surface area contributed by atoms with Crippen molar-refractivity contribution < 1.29 is 9.53 Å². The molecule has 3 rings (SSSR count). The van der Waals surface area contributed by atoms with Gasteiger partial charge >= 0.3 is 6.03 Å². The third-order valence-corrected chi connectivity index (χ3v) is 5.26. The molecule has 1 aromatic carbocycles.